The van der Waals surface area contributed by atoms with E-state index in [0.29, 0.717) is 39.1 Å². The van der Waals surface area contributed by atoms with Crippen LogP contribution in [-0.4, -0.2) is 72.8 Å². The Labute approximate surface area is 118 Å². The van der Waals surface area contributed by atoms with Gasteiger partial charge < -0.3 is 15.1 Å². The number of piperazine rings is 1. The van der Waals surface area contributed by atoms with Gasteiger partial charge in [0.1, 0.15) is 6.04 Å². The minimum atomic E-state index is -0.346. The summed E-state index contributed by atoms with van der Waals surface area (Å²) >= 11 is 0. The minimum absolute atomic E-state index is 0.01000. The second-order valence-corrected chi connectivity index (χ2v) is 5.15. The average molecular weight is 282 g/mol. The quantitative estimate of drug-likeness (QED) is 0.649. The summed E-state index contributed by atoms with van der Waals surface area (Å²) in [7, 11) is 0. The van der Waals surface area contributed by atoms with Crippen molar-refractivity contribution in [2.24, 2.45) is 0 Å². The first-order chi connectivity index (χ1) is 9.61. The molecule has 0 bridgehead atoms. The van der Waals surface area contributed by atoms with E-state index >= 15 is 0 Å². The predicted molar refractivity (Wildman–Crippen MR) is 72.9 cm³/mol. The zero-order chi connectivity index (χ0) is 14.5. The topological polar surface area (TPSA) is 81.8 Å². The van der Waals surface area contributed by atoms with Gasteiger partial charge in [-0.3, -0.25) is 19.7 Å². The van der Waals surface area contributed by atoms with Crippen LogP contribution in [0, 0.1) is 0 Å². The lowest BCUT2D eigenvalue weighted by Gasteiger charge is -2.29. The lowest BCUT2D eigenvalue weighted by Crippen LogP contribution is -2.59. The first-order valence-electron chi connectivity index (χ1n) is 7.18. The molecule has 7 heteroatoms. The van der Waals surface area contributed by atoms with Crippen molar-refractivity contribution in [1.82, 2.24) is 20.4 Å². The first kappa shape index (κ1) is 14.8. The molecule has 2 fully saturated rings. The van der Waals surface area contributed by atoms with E-state index in [2.05, 4.69) is 10.6 Å². The molecule has 0 aromatic rings. The third-order valence-corrected chi connectivity index (χ3v) is 3.77. The fraction of sp³-hybridized carbons (Fsp3) is 0.769. The van der Waals surface area contributed by atoms with Crippen molar-refractivity contribution < 1.29 is 14.4 Å². The second kappa shape index (κ2) is 6.69. The van der Waals surface area contributed by atoms with Crippen LogP contribution < -0.4 is 10.6 Å². The molecule has 3 amide bonds. The van der Waals surface area contributed by atoms with Crippen LogP contribution in [0.3, 0.4) is 0 Å². The van der Waals surface area contributed by atoms with E-state index in [0.717, 1.165) is 6.42 Å². The van der Waals surface area contributed by atoms with Crippen molar-refractivity contribution in [1.29, 1.82) is 0 Å². The molecule has 2 aliphatic heterocycles. The highest BCUT2D eigenvalue weighted by Gasteiger charge is 2.29. The van der Waals surface area contributed by atoms with Crippen molar-refractivity contribution in [3.63, 3.8) is 0 Å². The number of carbonyl (C=O) groups is 3. The van der Waals surface area contributed by atoms with Crippen LogP contribution >= 0.6 is 0 Å². The van der Waals surface area contributed by atoms with Gasteiger partial charge in [-0.05, 0) is 6.42 Å². The maximum Gasteiger partial charge on any atom is 0.241 e. The Morgan fingerprint density at radius 1 is 1.20 bits per heavy atom. The van der Waals surface area contributed by atoms with E-state index in [9.17, 15) is 14.4 Å². The second-order valence-electron chi connectivity index (χ2n) is 5.15. The van der Waals surface area contributed by atoms with Gasteiger partial charge in [-0.15, -0.1) is 0 Å². The maximum absolute atomic E-state index is 12.4. The molecule has 2 saturated heterocycles. The van der Waals surface area contributed by atoms with E-state index < -0.39 is 0 Å². The zero-order valence-electron chi connectivity index (χ0n) is 11.9. The highest BCUT2D eigenvalue weighted by molar-refractivity contribution is 5.87. The highest BCUT2D eigenvalue weighted by atomic mass is 16.2. The number of hydrogen-bond acceptors (Lipinski definition) is 4. The molecular weight excluding hydrogens is 260 g/mol. The maximum atomic E-state index is 12.4. The van der Waals surface area contributed by atoms with Gasteiger partial charge in [-0.2, -0.15) is 0 Å². The van der Waals surface area contributed by atoms with Crippen molar-refractivity contribution in [3.8, 4) is 0 Å². The van der Waals surface area contributed by atoms with E-state index in [1.54, 1.807) is 4.90 Å². The summed E-state index contributed by atoms with van der Waals surface area (Å²) in [5.41, 5.74) is 0. The van der Waals surface area contributed by atoms with E-state index in [1.165, 1.54) is 0 Å². The number of hydrogen-bond donors (Lipinski definition) is 2. The van der Waals surface area contributed by atoms with Crippen molar-refractivity contribution >= 4 is 17.7 Å². The van der Waals surface area contributed by atoms with Crippen molar-refractivity contribution in [2.45, 2.75) is 25.8 Å². The van der Waals surface area contributed by atoms with Gasteiger partial charge in [0.05, 0.1) is 6.54 Å². The van der Waals surface area contributed by atoms with Gasteiger partial charge in [0.2, 0.25) is 17.7 Å². The van der Waals surface area contributed by atoms with E-state index in [4.69, 9.17) is 0 Å². The number of nitrogens with one attached hydrogen (secondary N) is 2. The third-order valence-electron chi connectivity index (χ3n) is 3.77. The number of carbonyl (C=O) groups excluding carboxylic acids is 3. The van der Waals surface area contributed by atoms with Crippen LogP contribution in [-0.2, 0) is 14.4 Å². The average Bonchev–Trinajstić information content (AvgIpc) is 2.72. The first-order valence-corrected chi connectivity index (χ1v) is 7.18. The van der Waals surface area contributed by atoms with Gasteiger partial charge in [0.25, 0.3) is 0 Å². The van der Waals surface area contributed by atoms with Crippen molar-refractivity contribution in [2.75, 3.05) is 39.3 Å². The Kier molecular flexibility index (Phi) is 4.94. The molecular formula is C13H22N4O3. The summed E-state index contributed by atoms with van der Waals surface area (Å²) in [6.45, 7) is 4.92. The fourth-order valence-electron chi connectivity index (χ4n) is 2.57. The molecule has 0 saturated carbocycles. The Balaban J connectivity index is 1.88. The lowest BCUT2D eigenvalue weighted by molar-refractivity contribution is -0.136. The molecule has 0 spiro atoms. The Morgan fingerprint density at radius 2 is 1.90 bits per heavy atom. The molecule has 2 N–H and O–H groups in total. The van der Waals surface area contributed by atoms with Gasteiger partial charge in [0, 0.05) is 39.1 Å². The van der Waals surface area contributed by atoms with Gasteiger partial charge in [0.15, 0.2) is 0 Å². The standard InChI is InChI=1S/C13H22N4O3/c1-2-12(19)16-4-3-5-17(7-6-16)13(20)10-8-15-11(18)9-14-10/h10,14H,2-9H2,1H3,(H,15,18). The summed E-state index contributed by atoms with van der Waals surface area (Å²) < 4.78 is 0. The van der Waals surface area contributed by atoms with Crippen LogP contribution in [0.5, 0.6) is 0 Å². The van der Waals surface area contributed by atoms with Crippen LogP contribution in [0.25, 0.3) is 0 Å². The molecule has 20 heavy (non-hydrogen) atoms. The zero-order valence-corrected chi connectivity index (χ0v) is 11.9. The van der Waals surface area contributed by atoms with E-state index in [-0.39, 0.29) is 30.3 Å². The normalized spacial score (nSPS) is 24.1. The summed E-state index contributed by atoms with van der Waals surface area (Å²) in [6.07, 6.45) is 1.31. The number of amides is 3. The van der Waals surface area contributed by atoms with Crippen molar-refractivity contribution in [3.05, 3.63) is 0 Å². The Bertz CT molecular complexity index is 389. The van der Waals surface area contributed by atoms with Crippen LogP contribution in [0.2, 0.25) is 0 Å². The van der Waals surface area contributed by atoms with Gasteiger partial charge in [-0.1, -0.05) is 6.92 Å². The van der Waals surface area contributed by atoms with E-state index in [1.807, 2.05) is 11.8 Å². The largest absolute Gasteiger partial charge is 0.353 e. The fourth-order valence-corrected chi connectivity index (χ4v) is 2.57. The number of nitrogens with zero attached hydrogens (tertiary/aromatic N) is 2. The molecule has 0 radical (unpaired) electrons. The summed E-state index contributed by atoms with van der Waals surface area (Å²) in [6, 6.07) is -0.346. The molecule has 7 nitrogen and oxygen atoms in total. The molecule has 0 aromatic carbocycles. The lowest BCUT2D eigenvalue weighted by atomic mass is 10.2. The highest BCUT2D eigenvalue weighted by Crippen LogP contribution is 2.07. The Hall–Kier alpha value is -1.63. The number of rotatable bonds is 2. The molecule has 0 aromatic heterocycles. The monoisotopic (exact) mass is 282 g/mol. The predicted octanol–water partition coefficient (Wildman–Crippen LogP) is -1.45. The molecule has 1 unspecified atom stereocenters. The Morgan fingerprint density at radius 3 is 2.55 bits per heavy atom. The summed E-state index contributed by atoms with van der Waals surface area (Å²) in [5.74, 6) is 0.0720. The SMILES string of the molecule is CCC(=O)N1CCCN(C(=O)C2CNC(=O)CN2)CC1. The third kappa shape index (κ3) is 3.47. The summed E-state index contributed by atoms with van der Waals surface area (Å²) in [4.78, 5) is 38.7. The molecule has 112 valence electrons. The van der Waals surface area contributed by atoms with Gasteiger partial charge >= 0.3 is 0 Å². The van der Waals surface area contributed by atoms with Crippen LogP contribution in [0.4, 0.5) is 0 Å². The molecule has 2 aliphatic rings. The molecule has 2 heterocycles. The minimum Gasteiger partial charge on any atom is -0.353 e. The smallest absolute Gasteiger partial charge is 0.241 e. The summed E-state index contributed by atoms with van der Waals surface area (Å²) in [5, 5.41) is 5.64. The molecule has 1 atom stereocenters. The van der Waals surface area contributed by atoms with Gasteiger partial charge in [-0.25, -0.2) is 0 Å². The van der Waals surface area contributed by atoms with Crippen LogP contribution in [0.15, 0.2) is 0 Å². The molecule has 2 rings (SSSR count). The van der Waals surface area contributed by atoms with Crippen LogP contribution in [0.1, 0.15) is 19.8 Å². The molecule has 0 aliphatic carbocycles.